The van der Waals surface area contributed by atoms with Crippen molar-refractivity contribution in [3.05, 3.63) is 32.9 Å². The van der Waals surface area contributed by atoms with Crippen molar-refractivity contribution < 1.29 is 4.79 Å². The van der Waals surface area contributed by atoms with Crippen LogP contribution in [0.15, 0.2) is 18.2 Å². The third-order valence-electron chi connectivity index (χ3n) is 2.93. The monoisotopic (exact) mass is 300 g/mol. The highest BCUT2D eigenvalue weighted by atomic mass is 127. The van der Waals surface area contributed by atoms with Crippen LogP contribution in [0.3, 0.4) is 0 Å². The maximum absolute atomic E-state index is 12.1. The summed E-state index contributed by atoms with van der Waals surface area (Å²) in [5, 5.41) is 0. The number of benzene rings is 1. The van der Waals surface area contributed by atoms with Gasteiger partial charge in [-0.3, -0.25) is 4.79 Å². The molecule has 0 saturated heterocycles. The van der Waals surface area contributed by atoms with E-state index in [1.54, 1.807) is 0 Å². The lowest BCUT2D eigenvalue weighted by Gasteiger charge is -2.11. The standard InChI is InChI=1S/C12H13IO/c1-7(2)9-6-8-4-3-5-10(13)11(8)12(9)14/h3-5,7,9H,6H2,1-2H3. The Morgan fingerprint density at radius 1 is 1.43 bits per heavy atom. The van der Waals surface area contributed by atoms with E-state index in [9.17, 15) is 4.79 Å². The summed E-state index contributed by atoms with van der Waals surface area (Å²) in [4.78, 5) is 12.1. The highest BCUT2D eigenvalue weighted by Crippen LogP contribution is 2.33. The maximum Gasteiger partial charge on any atom is 0.167 e. The van der Waals surface area contributed by atoms with Gasteiger partial charge in [-0.2, -0.15) is 0 Å². The summed E-state index contributed by atoms with van der Waals surface area (Å²) in [7, 11) is 0. The fraction of sp³-hybridized carbons (Fsp3) is 0.417. The first-order valence-corrected chi connectivity index (χ1v) is 6.00. The Morgan fingerprint density at radius 2 is 2.14 bits per heavy atom. The molecule has 14 heavy (non-hydrogen) atoms. The van der Waals surface area contributed by atoms with Gasteiger partial charge in [0.25, 0.3) is 0 Å². The summed E-state index contributed by atoms with van der Waals surface area (Å²) in [5.74, 6) is 1.01. The van der Waals surface area contributed by atoms with Crippen LogP contribution in [-0.4, -0.2) is 5.78 Å². The third kappa shape index (κ3) is 1.49. The van der Waals surface area contributed by atoms with Crippen molar-refractivity contribution >= 4 is 28.4 Å². The van der Waals surface area contributed by atoms with Crippen LogP contribution in [0.2, 0.25) is 0 Å². The van der Waals surface area contributed by atoms with Gasteiger partial charge >= 0.3 is 0 Å². The largest absolute Gasteiger partial charge is 0.294 e. The van der Waals surface area contributed by atoms with E-state index in [-0.39, 0.29) is 5.92 Å². The zero-order valence-corrected chi connectivity index (χ0v) is 10.5. The number of halogens is 1. The molecule has 2 heteroatoms. The van der Waals surface area contributed by atoms with Gasteiger partial charge in [0.05, 0.1) is 0 Å². The minimum atomic E-state index is 0.209. The van der Waals surface area contributed by atoms with E-state index < -0.39 is 0 Å². The fourth-order valence-corrected chi connectivity index (χ4v) is 2.89. The van der Waals surface area contributed by atoms with Gasteiger partial charge in [0.15, 0.2) is 5.78 Å². The van der Waals surface area contributed by atoms with E-state index >= 15 is 0 Å². The average molecular weight is 300 g/mol. The molecule has 0 N–H and O–H groups in total. The van der Waals surface area contributed by atoms with Crippen LogP contribution in [0.25, 0.3) is 0 Å². The summed E-state index contributed by atoms with van der Waals surface area (Å²) >= 11 is 2.25. The molecule has 1 aromatic rings. The van der Waals surface area contributed by atoms with E-state index in [1.807, 2.05) is 12.1 Å². The van der Waals surface area contributed by atoms with Crippen LogP contribution >= 0.6 is 22.6 Å². The average Bonchev–Trinajstić information content (AvgIpc) is 2.45. The summed E-state index contributed by atoms with van der Waals surface area (Å²) in [6.07, 6.45) is 0.933. The van der Waals surface area contributed by atoms with E-state index in [1.165, 1.54) is 5.56 Å². The van der Waals surface area contributed by atoms with Crippen molar-refractivity contribution in [2.75, 3.05) is 0 Å². The number of Topliss-reactive ketones (excluding diaryl/α,β-unsaturated/α-hetero) is 1. The molecule has 0 radical (unpaired) electrons. The molecule has 1 aliphatic rings. The fourth-order valence-electron chi connectivity index (χ4n) is 2.07. The highest BCUT2D eigenvalue weighted by Gasteiger charge is 2.33. The number of hydrogen-bond acceptors (Lipinski definition) is 1. The highest BCUT2D eigenvalue weighted by molar-refractivity contribution is 14.1. The summed E-state index contributed by atoms with van der Waals surface area (Å²) in [5.41, 5.74) is 2.22. The molecule has 1 nitrogen and oxygen atoms in total. The van der Waals surface area contributed by atoms with Crippen LogP contribution in [0, 0.1) is 15.4 Å². The number of carbonyl (C=O) groups excluding carboxylic acids is 1. The van der Waals surface area contributed by atoms with Crippen LogP contribution < -0.4 is 0 Å². The van der Waals surface area contributed by atoms with Crippen molar-refractivity contribution in [3.8, 4) is 0 Å². The molecule has 1 unspecified atom stereocenters. The number of fused-ring (bicyclic) bond motifs is 1. The minimum Gasteiger partial charge on any atom is -0.294 e. The molecular weight excluding hydrogens is 287 g/mol. The summed E-state index contributed by atoms with van der Waals surface area (Å²) in [6, 6.07) is 6.13. The quantitative estimate of drug-likeness (QED) is 0.727. The molecule has 0 amide bonds. The Morgan fingerprint density at radius 3 is 2.71 bits per heavy atom. The topological polar surface area (TPSA) is 17.1 Å². The van der Waals surface area contributed by atoms with Crippen molar-refractivity contribution in [1.29, 1.82) is 0 Å². The lowest BCUT2D eigenvalue weighted by Crippen LogP contribution is -2.15. The van der Waals surface area contributed by atoms with Gasteiger partial charge in [-0.15, -0.1) is 0 Å². The minimum absolute atomic E-state index is 0.209. The second kappa shape index (κ2) is 3.65. The molecule has 1 atom stereocenters. The van der Waals surface area contributed by atoms with Crippen LogP contribution in [0.4, 0.5) is 0 Å². The molecular formula is C12H13IO. The molecule has 1 aliphatic carbocycles. The number of ketones is 1. The molecule has 0 spiro atoms. The molecule has 0 aromatic heterocycles. The van der Waals surface area contributed by atoms with Crippen LogP contribution in [-0.2, 0) is 6.42 Å². The normalized spacial score (nSPS) is 20.3. The molecule has 0 heterocycles. The number of carbonyl (C=O) groups is 1. The Balaban J connectivity index is 2.46. The lowest BCUT2D eigenvalue weighted by molar-refractivity contribution is 0.0905. The number of hydrogen-bond donors (Lipinski definition) is 0. The Bertz CT molecular complexity index is 382. The van der Waals surface area contributed by atoms with Gasteiger partial charge in [0.1, 0.15) is 0 Å². The molecule has 0 saturated carbocycles. The van der Waals surface area contributed by atoms with Gasteiger partial charge in [-0.25, -0.2) is 0 Å². The third-order valence-corrected chi connectivity index (χ3v) is 3.83. The van der Waals surface area contributed by atoms with E-state index in [0.717, 1.165) is 15.6 Å². The molecule has 0 fully saturated rings. The summed E-state index contributed by atoms with van der Waals surface area (Å²) in [6.45, 7) is 4.25. The van der Waals surface area contributed by atoms with Gasteiger partial charge in [-0.05, 0) is 46.6 Å². The van der Waals surface area contributed by atoms with E-state index in [2.05, 4.69) is 42.5 Å². The molecule has 0 bridgehead atoms. The van der Waals surface area contributed by atoms with Crippen molar-refractivity contribution in [1.82, 2.24) is 0 Å². The van der Waals surface area contributed by atoms with Crippen molar-refractivity contribution in [2.24, 2.45) is 11.8 Å². The predicted octanol–water partition coefficient (Wildman–Crippen LogP) is 3.30. The second-order valence-corrected chi connectivity index (χ2v) is 5.36. The predicted molar refractivity (Wildman–Crippen MR) is 65.5 cm³/mol. The van der Waals surface area contributed by atoms with Gasteiger partial charge < -0.3 is 0 Å². The van der Waals surface area contributed by atoms with Crippen LogP contribution in [0.5, 0.6) is 0 Å². The first-order chi connectivity index (χ1) is 6.61. The van der Waals surface area contributed by atoms with Gasteiger partial charge in [-0.1, -0.05) is 26.0 Å². The SMILES string of the molecule is CC(C)C1Cc2cccc(I)c2C1=O. The smallest absolute Gasteiger partial charge is 0.167 e. The van der Waals surface area contributed by atoms with Crippen molar-refractivity contribution in [2.45, 2.75) is 20.3 Å². The summed E-state index contributed by atoms with van der Waals surface area (Å²) < 4.78 is 1.10. The van der Waals surface area contributed by atoms with Gasteiger partial charge in [0.2, 0.25) is 0 Å². The Labute approximate surface area is 98.0 Å². The Kier molecular flexibility index (Phi) is 2.64. The van der Waals surface area contributed by atoms with Crippen LogP contribution in [0.1, 0.15) is 29.8 Å². The van der Waals surface area contributed by atoms with E-state index in [4.69, 9.17) is 0 Å². The zero-order chi connectivity index (χ0) is 10.3. The molecule has 74 valence electrons. The first-order valence-electron chi connectivity index (χ1n) is 4.93. The zero-order valence-electron chi connectivity index (χ0n) is 8.38. The maximum atomic E-state index is 12.1. The molecule has 2 rings (SSSR count). The molecule has 1 aromatic carbocycles. The Hall–Kier alpha value is -0.380. The van der Waals surface area contributed by atoms with Crippen molar-refractivity contribution in [3.63, 3.8) is 0 Å². The second-order valence-electron chi connectivity index (χ2n) is 4.19. The van der Waals surface area contributed by atoms with Gasteiger partial charge in [0, 0.05) is 15.1 Å². The number of rotatable bonds is 1. The molecule has 0 aliphatic heterocycles. The lowest BCUT2D eigenvalue weighted by atomic mass is 9.92. The first kappa shape index (κ1) is 10.1. The van der Waals surface area contributed by atoms with E-state index in [0.29, 0.717) is 11.7 Å².